The summed E-state index contributed by atoms with van der Waals surface area (Å²) in [6.45, 7) is 20.2. The van der Waals surface area contributed by atoms with E-state index in [1.807, 2.05) is 41.5 Å². The zero-order valence-corrected chi connectivity index (χ0v) is 19.5. The van der Waals surface area contributed by atoms with Crippen LogP contribution in [0.4, 0.5) is 0 Å². The van der Waals surface area contributed by atoms with E-state index in [1.165, 1.54) is 0 Å². The van der Waals surface area contributed by atoms with Crippen LogP contribution in [0.5, 0.6) is 0 Å². The lowest BCUT2D eigenvalue weighted by Gasteiger charge is -2.47. The Bertz CT molecular complexity index is 364. The molecule has 2 unspecified atom stereocenters. The maximum atomic E-state index is 6.38. The van der Waals surface area contributed by atoms with Gasteiger partial charge in [0.1, 0.15) is 0 Å². The fourth-order valence-electron chi connectivity index (χ4n) is 2.41. The molecule has 0 aliphatic heterocycles. The summed E-state index contributed by atoms with van der Waals surface area (Å²) in [6, 6.07) is 0. The van der Waals surface area contributed by atoms with Crippen molar-refractivity contribution in [3.8, 4) is 0 Å². The van der Waals surface area contributed by atoms with Gasteiger partial charge in [0.2, 0.25) is 0 Å². The second-order valence-corrected chi connectivity index (χ2v) is 9.01. The normalized spacial score (nSPS) is 16.3. The average Bonchev–Trinajstić information content (AvgIpc) is 2.56. The van der Waals surface area contributed by atoms with Gasteiger partial charge in [0.25, 0.3) is 0 Å². The lowest BCUT2D eigenvalue weighted by atomic mass is 9.90. The third kappa shape index (κ3) is 10.8. The molecule has 0 aromatic rings. The summed E-state index contributed by atoms with van der Waals surface area (Å²) < 4.78 is 18.6. The van der Waals surface area contributed by atoms with Gasteiger partial charge in [0.05, 0.1) is 30.3 Å². The largest absolute Gasteiger partial charge is 0.381 e. The molecule has 0 N–H and O–H groups in total. The highest BCUT2D eigenvalue weighted by molar-refractivity contribution is 4.83. The van der Waals surface area contributed by atoms with E-state index in [-0.39, 0.29) is 6.10 Å². The van der Waals surface area contributed by atoms with Gasteiger partial charge >= 0.3 is 5.97 Å². The van der Waals surface area contributed by atoms with Crippen molar-refractivity contribution in [3.05, 3.63) is 0 Å². The van der Waals surface area contributed by atoms with Gasteiger partial charge in [-0.05, 0) is 60.8 Å². The predicted molar refractivity (Wildman–Crippen MR) is 110 cm³/mol. The molecule has 0 fully saturated rings. The van der Waals surface area contributed by atoms with E-state index >= 15 is 0 Å². The smallest absolute Gasteiger partial charge is 0.320 e. The first-order valence-corrected chi connectivity index (χ1v) is 10.8. The second-order valence-electron chi connectivity index (χ2n) is 9.01. The van der Waals surface area contributed by atoms with Crippen molar-refractivity contribution < 1.29 is 24.0 Å². The van der Waals surface area contributed by atoms with Crippen LogP contribution in [0.1, 0.15) is 101 Å². The van der Waals surface area contributed by atoms with Crippen molar-refractivity contribution in [1.82, 2.24) is 0 Å². The van der Waals surface area contributed by atoms with Gasteiger partial charge in [0.15, 0.2) is 0 Å². The fraction of sp³-hybridized carbons (Fsp3) is 1.00. The Morgan fingerprint density at radius 3 is 1.96 bits per heavy atom. The Morgan fingerprint density at radius 2 is 1.44 bits per heavy atom. The van der Waals surface area contributed by atoms with Crippen LogP contribution in [0.2, 0.25) is 0 Å². The van der Waals surface area contributed by atoms with Crippen LogP contribution in [-0.2, 0) is 24.0 Å². The lowest BCUT2D eigenvalue weighted by Crippen LogP contribution is -2.58. The van der Waals surface area contributed by atoms with E-state index in [9.17, 15) is 0 Å². The number of ether oxygens (including phenoxy) is 3. The molecule has 0 aliphatic rings. The summed E-state index contributed by atoms with van der Waals surface area (Å²) in [6.07, 6.45) is 6.12. The van der Waals surface area contributed by atoms with Gasteiger partial charge in [0, 0.05) is 6.61 Å². The molecule has 0 aromatic heterocycles. The van der Waals surface area contributed by atoms with Gasteiger partial charge in [-0.1, -0.05) is 40.0 Å². The maximum Gasteiger partial charge on any atom is 0.320 e. The van der Waals surface area contributed by atoms with Crippen LogP contribution in [0, 0.1) is 5.41 Å². The Morgan fingerprint density at radius 1 is 0.815 bits per heavy atom. The van der Waals surface area contributed by atoms with E-state index in [0.717, 1.165) is 38.5 Å². The van der Waals surface area contributed by atoms with Crippen LogP contribution >= 0.6 is 0 Å². The molecule has 0 heterocycles. The highest BCUT2D eigenvalue weighted by Crippen LogP contribution is 2.41. The number of hydrogen-bond donors (Lipinski definition) is 0. The Kier molecular flexibility index (Phi) is 13.0. The first kappa shape index (κ1) is 26.8. The average molecular weight is 391 g/mol. The zero-order chi connectivity index (χ0) is 21.0. The summed E-state index contributed by atoms with van der Waals surface area (Å²) in [5, 5.41) is 0. The minimum absolute atomic E-state index is 0.0403. The summed E-state index contributed by atoms with van der Waals surface area (Å²) in [4.78, 5) is 11.5. The Balaban J connectivity index is 5.44. The monoisotopic (exact) mass is 390 g/mol. The van der Waals surface area contributed by atoms with Crippen LogP contribution < -0.4 is 0 Å². The molecule has 164 valence electrons. The van der Waals surface area contributed by atoms with Gasteiger partial charge in [-0.15, -0.1) is 0 Å². The number of unbranched alkanes of at least 4 members (excludes halogenated alkanes) is 3. The van der Waals surface area contributed by atoms with Crippen LogP contribution in [0.15, 0.2) is 0 Å². The topological polar surface area (TPSA) is 46.2 Å². The SMILES string of the molecule is CCCCCOOC(OC(C)CC)(OC(C)(C)C)C(C)(C)COCCCC. The van der Waals surface area contributed by atoms with Crippen molar-refractivity contribution in [2.45, 2.75) is 119 Å². The summed E-state index contributed by atoms with van der Waals surface area (Å²) in [5.41, 5.74) is -1.04. The van der Waals surface area contributed by atoms with Crippen molar-refractivity contribution in [3.63, 3.8) is 0 Å². The summed E-state index contributed by atoms with van der Waals surface area (Å²) >= 11 is 0. The summed E-state index contributed by atoms with van der Waals surface area (Å²) in [5.74, 6) is -1.35. The summed E-state index contributed by atoms with van der Waals surface area (Å²) in [7, 11) is 0. The quantitative estimate of drug-likeness (QED) is 0.135. The van der Waals surface area contributed by atoms with Gasteiger partial charge in [-0.3, -0.25) is 0 Å². The molecule has 27 heavy (non-hydrogen) atoms. The Labute approximate surface area is 168 Å². The van der Waals surface area contributed by atoms with E-state index in [4.69, 9.17) is 24.0 Å². The molecule has 0 rings (SSSR count). The first-order chi connectivity index (χ1) is 12.5. The minimum Gasteiger partial charge on any atom is -0.381 e. The van der Waals surface area contributed by atoms with Crippen LogP contribution in [0.3, 0.4) is 0 Å². The van der Waals surface area contributed by atoms with Crippen LogP contribution in [-0.4, -0.2) is 37.5 Å². The molecule has 0 radical (unpaired) electrons. The molecular formula is C22H46O5. The van der Waals surface area contributed by atoms with Crippen LogP contribution in [0.25, 0.3) is 0 Å². The first-order valence-electron chi connectivity index (χ1n) is 10.8. The molecule has 0 saturated carbocycles. The molecule has 0 bridgehead atoms. The van der Waals surface area contributed by atoms with Crippen molar-refractivity contribution in [2.24, 2.45) is 5.41 Å². The molecule has 0 aliphatic carbocycles. The van der Waals surface area contributed by atoms with Crippen molar-refractivity contribution in [2.75, 3.05) is 19.8 Å². The van der Waals surface area contributed by atoms with E-state index < -0.39 is 17.0 Å². The van der Waals surface area contributed by atoms with Gasteiger partial charge < -0.3 is 14.2 Å². The van der Waals surface area contributed by atoms with Gasteiger partial charge in [-0.25, -0.2) is 4.89 Å². The fourth-order valence-corrected chi connectivity index (χ4v) is 2.41. The standard InChI is InChI=1S/C22H46O5/c1-10-13-15-17-24-27-22(25-19(4)12-3,26-20(5,6)7)21(8,9)18-23-16-14-11-2/h19H,10-18H2,1-9H3. The predicted octanol–water partition coefficient (Wildman–Crippen LogP) is 6.25. The minimum atomic E-state index is -1.35. The third-order valence-corrected chi connectivity index (χ3v) is 4.31. The van der Waals surface area contributed by atoms with Crippen molar-refractivity contribution in [1.29, 1.82) is 0 Å². The Hall–Kier alpha value is -0.200. The third-order valence-electron chi connectivity index (χ3n) is 4.31. The van der Waals surface area contributed by atoms with Crippen molar-refractivity contribution >= 4 is 0 Å². The molecule has 0 amide bonds. The molecule has 0 aromatic carbocycles. The van der Waals surface area contributed by atoms with E-state index in [1.54, 1.807) is 0 Å². The lowest BCUT2D eigenvalue weighted by molar-refractivity contribution is -0.555. The highest BCUT2D eigenvalue weighted by Gasteiger charge is 2.54. The van der Waals surface area contributed by atoms with E-state index in [0.29, 0.717) is 19.8 Å². The molecule has 2 atom stereocenters. The molecule has 0 saturated heterocycles. The van der Waals surface area contributed by atoms with E-state index in [2.05, 4.69) is 20.8 Å². The maximum absolute atomic E-state index is 6.38. The molecule has 5 heteroatoms. The number of hydrogen-bond acceptors (Lipinski definition) is 5. The molecule has 0 spiro atoms. The number of rotatable bonds is 16. The zero-order valence-electron chi connectivity index (χ0n) is 19.5. The molecular weight excluding hydrogens is 344 g/mol. The highest BCUT2D eigenvalue weighted by atomic mass is 17.3. The molecule has 5 nitrogen and oxygen atoms in total. The second kappa shape index (κ2) is 13.1. The van der Waals surface area contributed by atoms with Gasteiger partial charge in [-0.2, -0.15) is 4.89 Å².